The minimum Gasteiger partial charge on any atom is -0.399 e. The van der Waals surface area contributed by atoms with E-state index < -0.39 is 5.60 Å². The van der Waals surface area contributed by atoms with Crippen molar-refractivity contribution in [1.29, 1.82) is 0 Å². The number of nitrogen functional groups attached to an aromatic ring is 1. The van der Waals surface area contributed by atoms with Crippen molar-refractivity contribution in [1.82, 2.24) is 5.32 Å². The van der Waals surface area contributed by atoms with E-state index in [-0.39, 0.29) is 5.91 Å². The van der Waals surface area contributed by atoms with Crippen molar-refractivity contribution in [3.63, 3.8) is 0 Å². The number of nitrogens with two attached hydrogens (primary N) is 1. The SMILES string of the molecule is CC1CCCC(O)(CNC(=O)c2cc(N)cc(Br)c2)C1. The molecular formula is C15H21BrN2O2. The van der Waals surface area contributed by atoms with E-state index >= 15 is 0 Å². The first-order valence-corrected chi connectivity index (χ1v) is 7.74. The molecule has 2 atom stereocenters. The summed E-state index contributed by atoms with van der Waals surface area (Å²) >= 11 is 3.32. The first-order valence-electron chi connectivity index (χ1n) is 6.95. The lowest BCUT2D eigenvalue weighted by Gasteiger charge is -2.35. The molecule has 0 bridgehead atoms. The van der Waals surface area contributed by atoms with Gasteiger partial charge in [-0.15, -0.1) is 0 Å². The Morgan fingerprint density at radius 2 is 2.30 bits per heavy atom. The van der Waals surface area contributed by atoms with Gasteiger partial charge >= 0.3 is 0 Å². The Labute approximate surface area is 127 Å². The van der Waals surface area contributed by atoms with Gasteiger partial charge in [-0.05, 0) is 37.0 Å². The number of nitrogens with one attached hydrogen (secondary N) is 1. The molecule has 0 spiro atoms. The highest BCUT2D eigenvalue weighted by molar-refractivity contribution is 9.10. The van der Waals surface area contributed by atoms with Crippen LogP contribution in [0.4, 0.5) is 5.69 Å². The van der Waals surface area contributed by atoms with Crippen molar-refractivity contribution in [2.45, 2.75) is 38.2 Å². The van der Waals surface area contributed by atoms with Crippen LogP contribution in [0.25, 0.3) is 0 Å². The number of carbonyl (C=O) groups is 1. The van der Waals surface area contributed by atoms with Crippen LogP contribution in [0.5, 0.6) is 0 Å². The molecule has 110 valence electrons. The van der Waals surface area contributed by atoms with Crippen molar-refractivity contribution >= 4 is 27.5 Å². The van der Waals surface area contributed by atoms with Crippen molar-refractivity contribution in [2.75, 3.05) is 12.3 Å². The summed E-state index contributed by atoms with van der Waals surface area (Å²) in [6.07, 6.45) is 3.65. The van der Waals surface area contributed by atoms with E-state index in [0.717, 1.165) is 30.2 Å². The summed E-state index contributed by atoms with van der Waals surface area (Å²) in [5, 5.41) is 13.3. The maximum Gasteiger partial charge on any atom is 0.251 e. The van der Waals surface area contributed by atoms with E-state index in [1.807, 2.05) is 0 Å². The Bertz CT molecular complexity index is 486. The molecule has 2 unspecified atom stereocenters. The lowest BCUT2D eigenvalue weighted by molar-refractivity contribution is -0.0109. The van der Waals surface area contributed by atoms with Crippen LogP contribution in [-0.2, 0) is 0 Å². The molecule has 0 saturated heterocycles. The van der Waals surface area contributed by atoms with Crippen molar-refractivity contribution in [3.8, 4) is 0 Å². The second kappa shape index (κ2) is 6.14. The Kier molecular flexibility index (Phi) is 4.70. The summed E-state index contributed by atoms with van der Waals surface area (Å²) in [5.74, 6) is 0.303. The first-order chi connectivity index (χ1) is 9.38. The predicted molar refractivity (Wildman–Crippen MR) is 83.5 cm³/mol. The van der Waals surface area contributed by atoms with E-state index in [2.05, 4.69) is 28.2 Å². The van der Waals surface area contributed by atoms with Gasteiger partial charge in [0.05, 0.1) is 5.60 Å². The van der Waals surface area contributed by atoms with Crippen LogP contribution >= 0.6 is 15.9 Å². The molecule has 2 rings (SSSR count). The van der Waals surface area contributed by atoms with Gasteiger partial charge in [0.15, 0.2) is 0 Å². The van der Waals surface area contributed by atoms with E-state index in [1.165, 1.54) is 0 Å². The maximum absolute atomic E-state index is 12.1. The molecule has 0 radical (unpaired) electrons. The zero-order chi connectivity index (χ0) is 14.8. The second-order valence-electron chi connectivity index (χ2n) is 5.88. The molecular weight excluding hydrogens is 320 g/mol. The summed E-state index contributed by atoms with van der Waals surface area (Å²) in [6, 6.07) is 5.10. The monoisotopic (exact) mass is 340 g/mol. The fraction of sp³-hybridized carbons (Fsp3) is 0.533. The third-order valence-electron chi connectivity index (χ3n) is 3.83. The van der Waals surface area contributed by atoms with Crippen molar-refractivity contribution in [3.05, 3.63) is 28.2 Å². The summed E-state index contributed by atoms with van der Waals surface area (Å²) in [4.78, 5) is 12.1. The number of carbonyl (C=O) groups excluding carboxylic acids is 1. The summed E-state index contributed by atoms with van der Waals surface area (Å²) in [7, 11) is 0. The van der Waals surface area contributed by atoms with Gasteiger partial charge in [-0.2, -0.15) is 0 Å². The van der Waals surface area contributed by atoms with Crippen LogP contribution in [0.3, 0.4) is 0 Å². The molecule has 1 fully saturated rings. The lowest BCUT2D eigenvalue weighted by Crippen LogP contribution is -2.45. The van der Waals surface area contributed by atoms with Gasteiger partial charge < -0.3 is 16.2 Å². The molecule has 1 aromatic rings. The van der Waals surface area contributed by atoms with Crippen molar-refractivity contribution in [2.24, 2.45) is 5.92 Å². The number of hydrogen-bond donors (Lipinski definition) is 3. The number of halogens is 1. The molecule has 4 nitrogen and oxygen atoms in total. The molecule has 1 amide bonds. The Morgan fingerprint density at radius 1 is 1.55 bits per heavy atom. The molecule has 1 aromatic carbocycles. The second-order valence-corrected chi connectivity index (χ2v) is 6.80. The number of amides is 1. The molecule has 1 aliphatic rings. The van der Waals surface area contributed by atoms with Crippen LogP contribution < -0.4 is 11.1 Å². The van der Waals surface area contributed by atoms with Crippen LogP contribution in [0.15, 0.2) is 22.7 Å². The summed E-state index contributed by atoms with van der Waals surface area (Å²) in [6.45, 7) is 2.43. The fourth-order valence-corrected chi connectivity index (χ4v) is 3.39. The fourth-order valence-electron chi connectivity index (χ4n) is 2.88. The molecule has 1 saturated carbocycles. The minimum atomic E-state index is -0.773. The highest BCUT2D eigenvalue weighted by Gasteiger charge is 2.32. The Balaban J connectivity index is 1.98. The average molecular weight is 341 g/mol. The molecule has 5 heteroatoms. The normalized spacial score (nSPS) is 26.2. The van der Waals surface area contributed by atoms with Crippen LogP contribution in [0.1, 0.15) is 43.0 Å². The van der Waals surface area contributed by atoms with Crippen LogP contribution in [0, 0.1) is 5.92 Å². The minimum absolute atomic E-state index is 0.204. The van der Waals surface area contributed by atoms with E-state index in [1.54, 1.807) is 18.2 Å². The van der Waals surface area contributed by atoms with Crippen molar-refractivity contribution < 1.29 is 9.90 Å². The largest absolute Gasteiger partial charge is 0.399 e. The van der Waals surface area contributed by atoms with E-state index in [9.17, 15) is 9.90 Å². The third kappa shape index (κ3) is 3.96. The van der Waals surface area contributed by atoms with Gasteiger partial charge in [0, 0.05) is 22.3 Å². The first kappa shape index (κ1) is 15.3. The zero-order valence-corrected chi connectivity index (χ0v) is 13.2. The standard InChI is InChI=1S/C15H21BrN2O2/c1-10-3-2-4-15(20,8-10)9-18-14(19)11-5-12(16)7-13(17)6-11/h5-7,10,20H,2-4,8-9,17H2,1H3,(H,18,19). The summed E-state index contributed by atoms with van der Waals surface area (Å²) in [5.41, 5.74) is 5.99. The topological polar surface area (TPSA) is 75.3 Å². The van der Waals surface area contributed by atoms with E-state index in [4.69, 9.17) is 5.73 Å². The molecule has 1 aliphatic carbocycles. The quantitative estimate of drug-likeness (QED) is 0.740. The smallest absolute Gasteiger partial charge is 0.251 e. The van der Waals surface area contributed by atoms with E-state index in [0.29, 0.717) is 23.7 Å². The number of anilines is 1. The Hall–Kier alpha value is -1.07. The summed E-state index contributed by atoms with van der Waals surface area (Å²) < 4.78 is 0.771. The van der Waals surface area contributed by atoms with Gasteiger partial charge in [-0.3, -0.25) is 4.79 Å². The number of aliphatic hydroxyl groups is 1. The number of hydrogen-bond acceptors (Lipinski definition) is 3. The Morgan fingerprint density at radius 3 is 2.95 bits per heavy atom. The molecule has 0 aromatic heterocycles. The van der Waals surface area contributed by atoms with Gasteiger partial charge in [0.1, 0.15) is 0 Å². The predicted octanol–water partition coefficient (Wildman–Crippen LogP) is 2.70. The van der Waals surface area contributed by atoms with Gasteiger partial charge in [0.25, 0.3) is 5.91 Å². The van der Waals surface area contributed by atoms with Gasteiger partial charge in [-0.25, -0.2) is 0 Å². The molecule has 20 heavy (non-hydrogen) atoms. The number of benzene rings is 1. The third-order valence-corrected chi connectivity index (χ3v) is 4.29. The maximum atomic E-state index is 12.1. The van der Waals surface area contributed by atoms with Gasteiger partial charge in [-0.1, -0.05) is 35.7 Å². The average Bonchev–Trinajstić information content (AvgIpc) is 2.34. The highest BCUT2D eigenvalue weighted by Crippen LogP contribution is 2.31. The lowest BCUT2D eigenvalue weighted by atomic mass is 9.79. The zero-order valence-electron chi connectivity index (χ0n) is 11.7. The highest BCUT2D eigenvalue weighted by atomic mass is 79.9. The van der Waals surface area contributed by atoms with Crippen LogP contribution in [0.2, 0.25) is 0 Å². The molecule has 0 aliphatic heterocycles. The molecule has 0 heterocycles. The van der Waals surface area contributed by atoms with Gasteiger partial charge in [0.2, 0.25) is 0 Å². The number of rotatable bonds is 3. The molecule has 4 N–H and O–H groups in total. The van der Waals surface area contributed by atoms with Crippen LogP contribution in [-0.4, -0.2) is 23.2 Å².